The Bertz CT molecular complexity index is 1020. The molecule has 0 fully saturated rings. The van der Waals surface area contributed by atoms with Crippen molar-refractivity contribution in [2.75, 3.05) is 5.32 Å². The van der Waals surface area contributed by atoms with Crippen molar-refractivity contribution >= 4 is 39.3 Å². The van der Waals surface area contributed by atoms with Crippen molar-refractivity contribution in [3.05, 3.63) is 60.2 Å². The van der Waals surface area contributed by atoms with E-state index in [1.165, 1.54) is 0 Å². The van der Waals surface area contributed by atoms with Gasteiger partial charge in [0.2, 0.25) is 0 Å². The maximum Gasteiger partial charge on any atom is 0.332 e. The van der Waals surface area contributed by atoms with Gasteiger partial charge < -0.3 is 10.6 Å². The number of hydroxylamine groups is 1. The van der Waals surface area contributed by atoms with Crippen LogP contribution in [0.5, 0.6) is 0 Å². The Labute approximate surface area is 165 Å². The summed E-state index contributed by atoms with van der Waals surface area (Å²) in [6.07, 6.45) is 0. The first-order chi connectivity index (χ1) is 13.7. The quantitative estimate of drug-likeness (QED) is 0.241. The lowest BCUT2D eigenvalue weighted by molar-refractivity contribution is -0.141. The Morgan fingerprint density at radius 3 is 2.00 bits per heavy atom. The first-order valence-electron chi connectivity index (χ1n) is 7.97. The Morgan fingerprint density at radius 2 is 1.41 bits per heavy atom. The van der Waals surface area contributed by atoms with Gasteiger partial charge in [0, 0.05) is 12.2 Å². The van der Waals surface area contributed by atoms with E-state index in [0.717, 1.165) is 35.3 Å². The van der Waals surface area contributed by atoms with Crippen molar-refractivity contribution in [1.82, 2.24) is 15.5 Å². The van der Waals surface area contributed by atoms with Gasteiger partial charge in [-0.05, 0) is 29.8 Å². The lowest BCUT2D eigenvalue weighted by Gasteiger charge is -2.09. The van der Waals surface area contributed by atoms with Crippen LogP contribution in [-0.4, -0.2) is 37.3 Å². The highest BCUT2D eigenvalue weighted by atomic mass is 32.2. The van der Waals surface area contributed by atoms with Crippen LogP contribution in [-0.2, 0) is 35.7 Å². The van der Waals surface area contributed by atoms with Gasteiger partial charge in [-0.3, -0.25) is 24.4 Å². The van der Waals surface area contributed by atoms with Crippen LogP contribution in [0.3, 0.4) is 0 Å². The zero-order valence-corrected chi connectivity index (χ0v) is 15.5. The minimum Gasteiger partial charge on any atom is -0.344 e. The van der Waals surface area contributed by atoms with Crippen molar-refractivity contribution in [3.63, 3.8) is 0 Å². The second-order valence-electron chi connectivity index (χ2n) is 5.52. The van der Waals surface area contributed by atoms with E-state index in [1.807, 2.05) is 0 Å². The van der Waals surface area contributed by atoms with Gasteiger partial charge in [-0.15, -0.1) is 0 Å². The third-order valence-electron chi connectivity index (χ3n) is 3.46. The number of sulfonamides is 1. The summed E-state index contributed by atoms with van der Waals surface area (Å²) in [6, 6.07) is 13.1. The van der Waals surface area contributed by atoms with Gasteiger partial charge in [0.15, 0.2) is 0 Å². The molecule has 5 N–H and O–H groups in total. The van der Waals surface area contributed by atoms with Gasteiger partial charge in [-0.25, -0.2) is 18.6 Å². The average molecular weight is 420 g/mol. The largest absolute Gasteiger partial charge is 0.344 e. The third kappa shape index (κ3) is 6.12. The fourth-order valence-corrected chi connectivity index (χ4v) is 2.99. The molecule has 0 unspecified atom stereocenters. The van der Waals surface area contributed by atoms with Gasteiger partial charge in [0.05, 0.1) is 4.90 Å². The highest BCUT2D eigenvalue weighted by Gasteiger charge is 2.22. The summed E-state index contributed by atoms with van der Waals surface area (Å²) in [5.74, 6) is -4.98. The van der Waals surface area contributed by atoms with Gasteiger partial charge in [0.1, 0.15) is 0 Å². The van der Waals surface area contributed by atoms with Crippen LogP contribution < -0.4 is 20.8 Å². The molecule has 0 bridgehead atoms. The predicted molar refractivity (Wildman–Crippen MR) is 98.6 cm³/mol. The van der Waals surface area contributed by atoms with E-state index >= 15 is 0 Å². The van der Waals surface area contributed by atoms with E-state index in [-0.39, 0.29) is 17.1 Å². The summed E-state index contributed by atoms with van der Waals surface area (Å²) in [5.41, 5.74) is 1.93. The average Bonchev–Trinajstić information content (AvgIpc) is 2.72. The Kier molecular flexibility index (Phi) is 7.00. The van der Waals surface area contributed by atoms with E-state index in [1.54, 1.807) is 35.1 Å². The molecule has 0 radical (unpaired) electrons. The Morgan fingerprint density at radius 1 is 0.793 bits per heavy atom. The van der Waals surface area contributed by atoms with Gasteiger partial charge in [0.25, 0.3) is 10.0 Å². The topological polar surface area (TPSA) is 171 Å². The van der Waals surface area contributed by atoms with E-state index in [9.17, 15) is 27.6 Å². The van der Waals surface area contributed by atoms with E-state index in [2.05, 4.69) is 10.6 Å². The molecule has 0 aliphatic carbocycles. The second kappa shape index (κ2) is 9.43. The molecule has 0 aromatic heterocycles. The van der Waals surface area contributed by atoms with Crippen LogP contribution in [0.4, 0.5) is 5.69 Å². The third-order valence-corrected chi connectivity index (χ3v) is 4.81. The van der Waals surface area contributed by atoms with Crippen molar-refractivity contribution < 1.29 is 32.8 Å². The molecular weight excluding hydrogens is 404 g/mol. The Balaban J connectivity index is 1.97. The maximum atomic E-state index is 12.2. The SMILES string of the molecule is O=C(NO)C(=O)Nc1ccc(S(=O)(=O)NC(=O)C(=O)NCc2ccccc2)cc1. The number of amides is 4. The highest BCUT2D eigenvalue weighted by Crippen LogP contribution is 2.14. The molecule has 0 heterocycles. The summed E-state index contributed by atoms with van der Waals surface area (Å²) in [6.45, 7) is 0.0446. The molecule has 2 aromatic rings. The zero-order chi connectivity index (χ0) is 21.4. The number of hydrogen-bond acceptors (Lipinski definition) is 7. The van der Waals surface area contributed by atoms with Crippen molar-refractivity contribution in [2.45, 2.75) is 11.4 Å². The van der Waals surface area contributed by atoms with E-state index < -0.39 is 33.7 Å². The molecule has 2 rings (SSSR count). The summed E-state index contributed by atoms with van der Waals surface area (Å²) >= 11 is 0. The standard InChI is InChI=1S/C17H16N4O7S/c22-14(18-10-11-4-2-1-3-5-11)17(25)21-29(27,28)13-8-6-12(7-9-13)19-15(23)16(24)20-26/h1-9,26H,10H2,(H,18,22)(H,19,23)(H,20,24)(H,21,25). The lowest BCUT2D eigenvalue weighted by Crippen LogP contribution is -2.42. The first kappa shape index (κ1) is 21.5. The highest BCUT2D eigenvalue weighted by molar-refractivity contribution is 7.90. The normalized spacial score (nSPS) is 10.5. The number of hydrogen-bond donors (Lipinski definition) is 5. The molecule has 4 amide bonds. The molecule has 152 valence electrons. The number of rotatable bonds is 5. The Hall–Kier alpha value is -3.77. The lowest BCUT2D eigenvalue weighted by atomic mass is 10.2. The monoisotopic (exact) mass is 420 g/mol. The minimum absolute atomic E-state index is 0.0446. The smallest absolute Gasteiger partial charge is 0.332 e. The molecule has 0 saturated carbocycles. The molecule has 11 nitrogen and oxygen atoms in total. The summed E-state index contributed by atoms with van der Waals surface area (Å²) in [4.78, 5) is 45.5. The van der Waals surface area contributed by atoms with Gasteiger partial charge in [-0.2, -0.15) is 0 Å². The molecular formula is C17H16N4O7S. The van der Waals surface area contributed by atoms with Crippen LogP contribution in [0.1, 0.15) is 5.56 Å². The molecule has 0 aliphatic rings. The summed E-state index contributed by atoms with van der Waals surface area (Å²) in [7, 11) is -4.35. The number of carbonyl (C=O) groups excluding carboxylic acids is 4. The fraction of sp³-hybridized carbons (Fsp3) is 0.0588. The number of benzene rings is 2. The molecule has 0 saturated heterocycles. The number of carbonyl (C=O) groups is 4. The fourth-order valence-electron chi connectivity index (χ4n) is 2.04. The molecule has 2 aromatic carbocycles. The molecule has 0 aliphatic heterocycles. The first-order valence-corrected chi connectivity index (χ1v) is 9.45. The van der Waals surface area contributed by atoms with Crippen LogP contribution in [0.15, 0.2) is 59.5 Å². The molecule has 0 spiro atoms. The minimum atomic E-state index is -4.35. The number of anilines is 1. The molecule has 0 atom stereocenters. The van der Waals surface area contributed by atoms with Gasteiger partial charge in [-0.1, -0.05) is 30.3 Å². The maximum absolute atomic E-state index is 12.2. The molecule has 12 heteroatoms. The summed E-state index contributed by atoms with van der Waals surface area (Å²) in [5, 5.41) is 12.8. The zero-order valence-electron chi connectivity index (χ0n) is 14.7. The van der Waals surface area contributed by atoms with Crippen molar-refractivity contribution in [1.29, 1.82) is 0 Å². The van der Waals surface area contributed by atoms with Crippen LogP contribution >= 0.6 is 0 Å². The van der Waals surface area contributed by atoms with Gasteiger partial charge >= 0.3 is 23.6 Å². The van der Waals surface area contributed by atoms with E-state index in [4.69, 9.17) is 5.21 Å². The number of nitrogens with one attached hydrogen (secondary N) is 4. The molecule has 29 heavy (non-hydrogen) atoms. The van der Waals surface area contributed by atoms with Crippen LogP contribution in [0, 0.1) is 0 Å². The predicted octanol–water partition coefficient (Wildman–Crippen LogP) is -0.748. The van der Waals surface area contributed by atoms with Crippen molar-refractivity contribution in [3.8, 4) is 0 Å². The van der Waals surface area contributed by atoms with Crippen LogP contribution in [0.25, 0.3) is 0 Å². The van der Waals surface area contributed by atoms with E-state index in [0.29, 0.717) is 0 Å². The second-order valence-corrected chi connectivity index (χ2v) is 7.20. The van der Waals surface area contributed by atoms with Crippen LogP contribution in [0.2, 0.25) is 0 Å². The summed E-state index contributed by atoms with van der Waals surface area (Å²) < 4.78 is 26.1. The van der Waals surface area contributed by atoms with Crippen molar-refractivity contribution in [2.24, 2.45) is 0 Å².